The van der Waals surface area contributed by atoms with Crippen molar-refractivity contribution in [3.05, 3.63) is 29.3 Å². The Balaban J connectivity index is 3.12. The van der Waals surface area contributed by atoms with E-state index in [4.69, 9.17) is 11.5 Å². The molecule has 0 aliphatic carbocycles. The zero-order valence-electron chi connectivity index (χ0n) is 8.17. The second kappa shape index (κ2) is 3.99. The average Bonchev–Trinajstić information content (AvgIpc) is 2.09. The van der Waals surface area contributed by atoms with Gasteiger partial charge in [0.15, 0.2) is 0 Å². The first-order valence-corrected chi connectivity index (χ1v) is 4.47. The van der Waals surface area contributed by atoms with Crippen LogP contribution in [0.4, 0.5) is 11.4 Å². The summed E-state index contributed by atoms with van der Waals surface area (Å²) in [5.74, 6) is 0. The number of hydrogen-bond donors (Lipinski definition) is 2. The smallest absolute Gasteiger partial charge is 0.0370 e. The van der Waals surface area contributed by atoms with Crippen LogP contribution in [0.3, 0.4) is 0 Å². The second-order valence-electron chi connectivity index (χ2n) is 3.13. The van der Waals surface area contributed by atoms with Gasteiger partial charge in [-0.15, -0.1) is 0 Å². The summed E-state index contributed by atoms with van der Waals surface area (Å²) in [4.78, 5) is 0. The Morgan fingerprint density at radius 2 is 2.00 bits per heavy atom. The van der Waals surface area contributed by atoms with Crippen LogP contribution >= 0.6 is 0 Å². The minimum atomic E-state index is 0.721. The van der Waals surface area contributed by atoms with Crippen LogP contribution in [0, 0.1) is 6.92 Å². The number of benzene rings is 1. The van der Waals surface area contributed by atoms with Crippen molar-refractivity contribution in [2.24, 2.45) is 0 Å². The molecule has 0 aliphatic heterocycles. The summed E-state index contributed by atoms with van der Waals surface area (Å²) in [6, 6.07) is 3.73. The van der Waals surface area contributed by atoms with Gasteiger partial charge in [0.05, 0.1) is 0 Å². The zero-order chi connectivity index (χ0) is 9.84. The maximum Gasteiger partial charge on any atom is 0.0370 e. The van der Waals surface area contributed by atoms with Gasteiger partial charge in [0.25, 0.3) is 0 Å². The summed E-state index contributed by atoms with van der Waals surface area (Å²) in [5, 5.41) is 0. The van der Waals surface area contributed by atoms with Crippen molar-refractivity contribution in [2.45, 2.75) is 20.3 Å². The minimum Gasteiger partial charge on any atom is -0.399 e. The Labute approximate surface area is 79.2 Å². The lowest BCUT2D eigenvalue weighted by Gasteiger charge is -2.05. The number of nitrogens with two attached hydrogens (primary N) is 2. The Kier molecular flexibility index (Phi) is 2.96. The molecule has 0 bridgehead atoms. The van der Waals surface area contributed by atoms with E-state index in [2.05, 4.69) is 19.1 Å². The molecule has 70 valence electrons. The van der Waals surface area contributed by atoms with Gasteiger partial charge in [0, 0.05) is 11.4 Å². The lowest BCUT2D eigenvalue weighted by atomic mass is 10.1. The molecule has 0 atom stereocenters. The first-order valence-electron chi connectivity index (χ1n) is 4.47. The van der Waals surface area contributed by atoms with Gasteiger partial charge >= 0.3 is 0 Å². The highest BCUT2D eigenvalue weighted by Gasteiger charge is 1.99. The van der Waals surface area contributed by atoms with Crippen molar-refractivity contribution >= 4 is 17.5 Å². The van der Waals surface area contributed by atoms with E-state index in [0.29, 0.717) is 0 Å². The van der Waals surface area contributed by atoms with Gasteiger partial charge in [-0.25, -0.2) is 0 Å². The minimum absolute atomic E-state index is 0.721. The maximum atomic E-state index is 5.78. The van der Waals surface area contributed by atoms with Gasteiger partial charge in [-0.1, -0.05) is 19.1 Å². The number of anilines is 2. The molecule has 2 heteroatoms. The van der Waals surface area contributed by atoms with Crippen LogP contribution in [0.2, 0.25) is 0 Å². The normalized spacial score (nSPS) is 10.9. The highest BCUT2D eigenvalue weighted by Crippen LogP contribution is 2.21. The molecule has 1 rings (SSSR count). The molecule has 2 nitrogen and oxygen atoms in total. The summed E-state index contributed by atoms with van der Waals surface area (Å²) in [6.45, 7) is 4.10. The van der Waals surface area contributed by atoms with Crippen LogP contribution in [0.1, 0.15) is 24.5 Å². The highest BCUT2D eigenvalue weighted by atomic mass is 14.6. The molecule has 4 N–H and O–H groups in total. The predicted molar refractivity (Wildman–Crippen MR) is 59.3 cm³/mol. The third kappa shape index (κ3) is 2.25. The van der Waals surface area contributed by atoms with Gasteiger partial charge in [-0.2, -0.15) is 0 Å². The molecule has 0 spiro atoms. The Hall–Kier alpha value is -1.44. The molecule has 0 aromatic heterocycles. The summed E-state index contributed by atoms with van der Waals surface area (Å²) in [5.41, 5.74) is 15.2. The Morgan fingerprint density at radius 3 is 2.62 bits per heavy atom. The summed E-state index contributed by atoms with van der Waals surface area (Å²) in [6.07, 6.45) is 5.18. The van der Waals surface area contributed by atoms with Crippen LogP contribution < -0.4 is 11.5 Å². The number of rotatable bonds is 2. The molecule has 0 radical (unpaired) electrons. The Bertz CT molecular complexity index is 327. The SMILES string of the molecule is CCC=Cc1cc(N)cc(N)c1C. The zero-order valence-corrected chi connectivity index (χ0v) is 8.17. The van der Waals surface area contributed by atoms with E-state index in [-0.39, 0.29) is 0 Å². The van der Waals surface area contributed by atoms with Gasteiger partial charge in [-0.05, 0) is 36.6 Å². The monoisotopic (exact) mass is 176 g/mol. The number of hydrogen-bond acceptors (Lipinski definition) is 2. The van der Waals surface area contributed by atoms with Crippen molar-refractivity contribution in [1.29, 1.82) is 0 Å². The molecule has 1 aromatic carbocycles. The second-order valence-corrected chi connectivity index (χ2v) is 3.13. The quantitative estimate of drug-likeness (QED) is 0.680. The fraction of sp³-hybridized carbons (Fsp3) is 0.273. The van der Waals surface area contributed by atoms with Gasteiger partial charge < -0.3 is 11.5 Å². The fourth-order valence-corrected chi connectivity index (χ4v) is 1.20. The maximum absolute atomic E-state index is 5.78. The lowest BCUT2D eigenvalue weighted by Crippen LogP contribution is -1.95. The molecule has 0 heterocycles. The average molecular weight is 176 g/mol. The largest absolute Gasteiger partial charge is 0.399 e. The van der Waals surface area contributed by atoms with Gasteiger partial charge in [-0.3, -0.25) is 0 Å². The van der Waals surface area contributed by atoms with Crippen molar-refractivity contribution in [1.82, 2.24) is 0 Å². The molecule has 0 fully saturated rings. The van der Waals surface area contributed by atoms with E-state index in [1.165, 1.54) is 0 Å². The van der Waals surface area contributed by atoms with Crippen molar-refractivity contribution in [3.63, 3.8) is 0 Å². The van der Waals surface area contributed by atoms with Gasteiger partial charge in [0.2, 0.25) is 0 Å². The van der Waals surface area contributed by atoms with Crippen LogP contribution in [-0.4, -0.2) is 0 Å². The highest BCUT2D eigenvalue weighted by molar-refractivity contribution is 5.68. The summed E-state index contributed by atoms with van der Waals surface area (Å²) < 4.78 is 0. The first kappa shape index (κ1) is 9.65. The van der Waals surface area contributed by atoms with Crippen molar-refractivity contribution in [3.8, 4) is 0 Å². The van der Waals surface area contributed by atoms with E-state index >= 15 is 0 Å². The third-order valence-electron chi connectivity index (χ3n) is 2.04. The molecule has 1 aromatic rings. The molecule has 0 aliphatic rings. The lowest BCUT2D eigenvalue weighted by molar-refractivity contribution is 1.23. The van der Waals surface area contributed by atoms with Gasteiger partial charge in [0.1, 0.15) is 0 Å². The first-order chi connectivity index (χ1) is 6.15. The van der Waals surface area contributed by atoms with Crippen LogP contribution in [0.25, 0.3) is 6.08 Å². The van der Waals surface area contributed by atoms with Crippen molar-refractivity contribution in [2.75, 3.05) is 11.5 Å². The number of allylic oxidation sites excluding steroid dienone is 1. The van der Waals surface area contributed by atoms with E-state index in [1.54, 1.807) is 6.07 Å². The van der Waals surface area contributed by atoms with E-state index in [1.807, 2.05) is 13.0 Å². The Morgan fingerprint density at radius 1 is 1.31 bits per heavy atom. The summed E-state index contributed by atoms with van der Waals surface area (Å²) in [7, 11) is 0. The predicted octanol–water partition coefficient (Wildman–Crippen LogP) is 2.58. The molecule has 0 amide bonds. The number of nitrogen functional groups attached to an aromatic ring is 2. The summed E-state index contributed by atoms with van der Waals surface area (Å²) >= 11 is 0. The van der Waals surface area contributed by atoms with E-state index in [0.717, 1.165) is 28.9 Å². The standard InChI is InChI=1S/C11H16N2/c1-3-4-5-9-6-10(12)7-11(13)8(9)2/h4-7H,3,12-13H2,1-2H3. The van der Waals surface area contributed by atoms with E-state index in [9.17, 15) is 0 Å². The van der Waals surface area contributed by atoms with Crippen LogP contribution in [-0.2, 0) is 0 Å². The topological polar surface area (TPSA) is 52.0 Å². The molecule has 13 heavy (non-hydrogen) atoms. The molecule has 0 saturated heterocycles. The van der Waals surface area contributed by atoms with E-state index < -0.39 is 0 Å². The van der Waals surface area contributed by atoms with Crippen LogP contribution in [0.15, 0.2) is 18.2 Å². The van der Waals surface area contributed by atoms with Crippen LogP contribution in [0.5, 0.6) is 0 Å². The fourth-order valence-electron chi connectivity index (χ4n) is 1.20. The van der Waals surface area contributed by atoms with Crippen molar-refractivity contribution < 1.29 is 0 Å². The third-order valence-corrected chi connectivity index (χ3v) is 2.04. The molecule has 0 saturated carbocycles. The molecular weight excluding hydrogens is 160 g/mol. The molecule has 0 unspecified atom stereocenters. The molecular formula is C11H16N2.